The summed E-state index contributed by atoms with van der Waals surface area (Å²) in [5, 5.41) is 3.56. The standard InChI is InChI=1S/C14H9ClN2OSe/c15-10-6-7-11-12(8-10)19-14(16-11)17-13(18)9-4-2-1-3-5-9/h1-8H,(H,16,17,18). The summed E-state index contributed by atoms with van der Waals surface area (Å²) in [4.78, 5) is 16.4. The minimum absolute atomic E-state index is 0.00464. The zero-order valence-electron chi connectivity index (χ0n) is 9.76. The number of benzene rings is 2. The van der Waals surface area contributed by atoms with Crippen LogP contribution in [0.15, 0.2) is 48.5 Å². The molecule has 1 N–H and O–H groups in total. The molecule has 3 nitrogen and oxygen atoms in total. The van der Waals surface area contributed by atoms with Crippen LogP contribution < -0.4 is 5.32 Å². The van der Waals surface area contributed by atoms with Gasteiger partial charge in [-0.25, -0.2) is 0 Å². The maximum absolute atomic E-state index is 12.0. The molecule has 1 aromatic heterocycles. The molecule has 0 fully saturated rings. The molecule has 0 saturated carbocycles. The van der Waals surface area contributed by atoms with Crippen LogP contribution in [0.5, 0.6) is 0 Å². The van der Waals surface area contributed by atoms with Gasteiger partial charge in [0, 0.05) is 0 Å². The van der Waals surface area contributed by atoms with E-state index in [2.05, 4.69) is 10.3 Å². The van der Waals surface area contributed by atoms with Gasteiger partial charge in [0.15, 0.2) is 0 Å². The Balaban J connectivity index is 1.87. The number of anilines is 1. The van der Waals surface area contributed by atoms with Crippen molar-refractivity contribution < 1.29 is 4.79 Å². The van der Waals surface area contributed by atoms with Crippen molar-refractivity contribution in [3.8, 4) is 0 Å². The topological polar surface area (TPSA) is 42.0 Å². The molecule has 1 heterocycles. The van der Waals surface area contributed by atoms with Gasteiger partial charge in [0.05, 0.1) is 0 Å². The summed E-state index contributed by atoms with van der Waals surface area (Å²) >= 11 is 5.95. The van der Waals surface area contributed by atoms with E-state index >= 15 is 0 Å². The van der Waals surface area contributed by atoms with E-state index in [0.29, 0.717) is 10.6 Å². The maximum atomic E-state index is 12.0. The normalized spacial score (nSPS) is 10.6. The van der Waals surface area contributed by atoms with Gasteiger partial charge in [-0.3, -0.25) is 0 Å². The average Bonchev–Trinajstić information content (AvgIpc) is 2.81. The van der Waals surface area contributed by atoms with Gasteiger partial charge in [0.1, 0.15) is 0 Å². The second-order valence-electron chi connectivity index (χ2n) is 3.95. The number of aromatic nitrogens is 1. The Hall–Kier alpha value is -1.61. The minimum atomic E-state index is -0.125. The van der Waals surface area contributed by atoms with Crippen LogP contribution in [-0.2, 0) is 0 Å². The first-order valence-corrected chi connectivity index (χ1v) is 7.74. The Bertz CT molecular complexity index is 740. The van der Waals surface area contributed by atoms with Gasteiger partial charge in [-0.05, 0) is 0 Å². The number of carbonyl (C=O) groups excluding carboxylic acids is 1. The van der Waals surface area contributed by atoms with E-state index in [1.54, 1.807) is 12.1 Å². The van der Waals surface area contributed by atoms with Crippen LogP contribution >= 0.6 is 11.6 Å². The fraction of sp³-hybridized carbons (Fsp3) is 0. The van der Waals surface area contributed by atoms with Crippen molar-refractivity contribution in [2.45, 2.75) is 0 Å². The molecule has 2 aromatic carbocycles. The van der Waals surface area contributed by atoms with Crippen LogP contribution in [0, 0.1) is 0 Å². The quantitative estimate of drug-likeness (QED) is 0.731. The summed E-state index contributed by atoms with van der Waals surface area (Å²) in [5.74, 6) is -0.125. The van der Waals surface area contributed by atoms with E-state index in [4.69, 9.17) is 11.6 Å². The molecule has 0 aliphatic rings. The Labute approximate surface area is 121 Å². The molecular weight excluding hydrogens is 327 g/mol. The van der Waals surface area contributed by atoms with Gasteiger partial charge in [0.2, 0.25) is 0 Å². The SMILES string of the molecule is O=C(Nc1nc2ccc(Cl)cc2[se]1)c1ccccc1. The number of nitrogens with zero attached hydrogens (tertiary/aromatic N) is 1. The summed E-state index contributed by atoms with van der Waals surface area (Å²) in [5.41, 5.74) is 1.53. The average molecular weight is 336 g/mol. The van der Waals surface area contributed by atoms with Crippen LogP contribution in [0.1, 0.15) is 10.4 Å². The van der Waals surface area contributed by atoms with E-state index in [1.807, 2.05) is 36.4 Å². The van der Waals surface area contributed by atoms with Gasteiger partial charge in [-0.2, -0.15) is 0 Å². The fourth-order valence-electron chi connectivity index (χ4n) is 1.71. The van der Waals surface area contributed by atoms with E-state index in [9.17, 15) is 4.79 Å². The van der Waals surface area contributed by atoms with Crippen LogP contribution in [0.3, 0.4) is 0 Å². The first-order valence-electron chi connectivity index (χ1n) is 5.65. The van der Waals surface area contributed by atoms with Gasteiger partial charge in [-0.15, -0.1) is 0 Å². The van der Waals surface area contributed by atoms with E-state index in [1.165, 1.54) is 0 Å². The number of halogens is 1. The fourth-order valence-corrected chi connectivity index (χ4v) is 3.92. The molecule has 0 spiro atoms. The number of rotatable bonds is 2. The molecule has 0 unspecified atom stereocenters. The molecule has 3 aromatic rings. The van der Waals surface area contributed by atoms with Crippen molar-refractivity contribution in [3.05, 3.63) is 59.1 Å². The third-order valence-corrected chi connectivity index (χ3v) is 4.80. The first kappa shape index (κ1) is 12.4. The Morgan fingerprint density at radius 1 is 1.16 bits per heavy atom. The van der Waals surface area contributed by atoms with Gasteiger partial charge in [0.25, 0.3) is 0 Å². The van der Waals surface area contributed by atoms with Crippen LogP contribution in [-0.4, -0.2) is 25.4 Å². The van der Waals surface area contributed by atoms with E-state index in [-0.39, 0.29) is 20.4 Å². The van der Waals surface area contributed by atoms with Crippen LogP contribution in [0.25, 0.3) is 9.78 Å². The van der Waals surface area contributed by atoms with Crippen molar-refractivity contribution in [2.75, 3.05) is 5.32 Å². The summed E-state index contributed by atoms with van der Waals surface area (Å²) in [6, 6.07) is 14.7. The predicted molar refractivity (Wildman–Crippen MR) is 78.1 cm³/mol. The molecular formula is C14H9ClN2OSe. The van der Waals surface area contributed by atoms with Crippen molar-refractivity contribution >= 4 is 46.5 Å². The molecule has 0 saturated heterocycles. The van der Waals surface area contributed by atoms with E-state index < -0.39 is 0 Å². The van der Waals surface area contributed by atoms with Crippen LogP contribution in [0.2, 0.25) is 5.02 Å². The molecule has 5 heteroatoms. The number of amides is 1. The van der Waals surface area contributed by atoms with Gasteiger partial charge >= 0.3 is 121 Å². The summed E-state index contributed by atoms with van der Waals surface area (Å²) < 4.78 is 1.82. The number of nitrogens with one attached hydrogen (secondary N) is 1. The monoisotopic (exact) mass is 336 g/mol. The third kappa shape index (κ3) is 2.71. The zero-order chi connectivity index (χ0) is 13.2. The third-order valence-electron chi connectivity index (χ3n) is 2.61. The second-order valence-corrected chi connectivity index (χ2v) is 6.55. The van der Waals surface area contributed by atoms with Crippen LogP contribution in [0.4, 0.5) is 4.69 Å². The molecule has 0 atom stereocenters. The molecule has 19 heavy (non-hydrogen) atoms. The molecule has 0 aliphatic carbocycles. The zero-order valence-corrected chi connectivity index (χ0v) is 12.2. The Morgan fingerprint density at radius 3 is 2.74 bits per heavy atom. The first-order chi connectivity index (χ1) is 9.22. The molecule has 94 valence electrons. The molecule has 0 bridgehead atoms. The summed E-state index contributed by atoms with van der Waals surface area (Å²) in [6.45, 7) is 0. The second kappa shape index (κ2) is 5.17. The predicted octanol–water partition coefficient (Wildman–Crippen LogP) is 3.20. The van der Waals surface area contributed by atoms with Crippen molar-refractivity contribution in [3.63, 3.8) is 0 Å². The van der Waals surface area contributed by atoms with Crippen molar-refractivity contribution in [2.24, 2.45) is 0 Å². The molecule has 1 amide bonds. The molecule has 3 rings (SSSR count). The van der Waals surface area contributed by atoms with Crippen molar-refractivity contribution in [1.29, 1.82) is 0 Å². The van der Waals surface area contributed by atoms with Gasteiger partial charge in [-0.1, -0.05) is 0 Å². The number of carbonyl (C=O) groups is 1. The summed E-state index contributed by atoms with van der Waals surface area (Å²) in [7, 11) is 0. The molecule has 0 aliphatic heterocycles. The number of hydrogen-bond acceptors (Lipinski definition) is 2. The summed E-state index contributed by atoms with van der Waals surface area (Å²) in [6.07, 6.45) is 0. The van der Waals surface area contributed by atoms with Crippen molar-refractivity contribution in [1.82, 2.24) is 4.98 Å². The Kier molecular flexibility index (Phi) is 3.38. The Morgan fingerprint density at radius 2 is 1.95 bits per heavy atom. The molecule has 0 radical (unpaired) electrons. The number of hydrogen-bond donors (Lipinski definition) is 1. The van der Waals surface area contributed by atoms with Gasteiger partial charge < -0.3 is 0 Å². The van der Waals surface area contributed by atoms with E-state index in [0.717, 1.165) is 14.5 Å². The number of fused-ring (bicyclic) bond motifs is 1.